The van der Waals surface area contributed by atoms with Gasteiger partial charge in [-0.25, -0.2) is 9.98 Å². The Morgan fingerprint density at radius 2 is 1.86 bits per heavy atom. The van der Waals surface area contributed by atoms with Gasteiger partial charge in [-0.3, -0.25) is 9.88 Å². The highest BCUT2D eigenvalue weighted by Crippen LogP contribution is 2.37. The molecule has 0 amide bonds. The number of para-hydroxylation sites is 2. The van der Waals surface area contributed by atoms with E-state index in [4.69, 9.17) is 5.73 Å². The summed E-state index contributed by atoms with van der Waals surface area (Å²) in [4.78, 5) is 9.19. The summed E-state index contributed by atoms with van der Waals surface area (Å²) < 4.78 is 2.02. The predicted molar refractivity (Wildman–Crippen MR) is 85.8 cm³/mol. The fourth-order valence-electron chi connectivity index (χ4n) is 2.95. The SMILES string of the molecule is CC1(c2ccc(O)cc2)N=C(N)Nc2nc3ccccc3n21. The van der Waals surface area contributed by atoms with E-state index in [2.05, 4.69) is 15.3 Å². The molecule has 1 aromatic heterocycles. The van der Waals surface area contributed by atoms with Gasteiger partial charge in [0.1, 0.15) is 5.75 Å². The fourth-order valence-corrected chi connectivity index (χ4v) is 2.95. The summed E-state index contributed by atoms with van der Waals surface area (Å²) in [5, 5.41) is 12.5. The Morgan fingerprint density at radius 1 is 1.14 bits per heavy atom. The van der Waals surface area contributed by atoms with Crippen LogP contribution >= 0.6 is 0 Å². The average molecular weight is 293 g/mol. The van der Waals surface area contributed by atoms with Gasteiger partial charge in [-0.2, -0.15) is 0 Å². The maximum atomic E-state index is 9.53. The molecule has 0 bridgehead atoms. The minimum absolute atomic E-state index is 0.217. The van der Waals surface area contributed by atoms with Crippen LogP contribution in [-0.2, 0) is 5.66 Å². The number of hydrogen-bond donors (Lipinski definition) is 3. The Bertz CT molecular complexity index is 897. The first-order valence-corrected chi connectivity index (χ1v) is 6.98. The Balaban J connectivity index is 2.03. The van der Waals surface area contributed by atoms with Crippen LogP contribution in [0.25, 0.3) is 11.0 Å². The van der Waals surface area contributed by atoms with Crippen molar-refractivity contribution in [2.24, 2.45) is 10.7 Å². The zero-order chi connectivity index (χ0) is 15.3. The lowest BCUT2D eigenvalue weighted by Gasteiger charge is -2.33. The van der Waals surface area contributed by atoms with Gasteiger partial charge in [-0.15, -0.1) is 0 Å². The number of aromatic hydroxyl groups is 1. The molecular weight excluding hydrogens is 278 g/mol. The third kappa shape index (κ3) is 1.67. The number of guanidine groups is 1. The molecule has 4 rings (SSSR count). The van der Waals surface area contributed by atoms with Gasteiger partial charge in [-0.1, -0.05) is 24.3 Å². The molecule has 0 fully saturated rings. The summed E-state index contributed by atoms with van der Waals surface area (Å²) in [5.74, 6) is 1.19. The number of fused-ring (bicyclic) bond motifs is 3. The zero-order valence-electron chi connectivity index (χ0n) is 12.0. The highest BCUT2D eigenvalue weighted by atomic mass is 16.3. The summed E-state index contributed by atoms with van der Waals surface area (Å²) in [5.41, 5.74) is 7.98. The molecule has 2 heterocycles. The topological polar surface area (TPSA) is 88.5 Å². The van der Waals surface area contributed by atoms with Gasteiger partial charge in [-0.05, 0) is 31.2 Å². The molecule has 1 aliphatic rings. The van der Waals surface area contributed by atoms with Crippen molar-refractivity contribution in [2.75, 3.05) is 5.32 Å². The van der Waals surface area contributed by atoms with Crippen molar-refractivity contribution in [3.8, 4) is 5.75 Å². The van der Waals surface area contributed by atoms with Crippen molar-refractivity contribution in [1.82, 2.24) is 9.55 Å². The van der Waals surface area contributed by atoms with Crippen molar-refractivity contribution in [3.63, 3.8) is 0 Å². The summed E-state index contributed by atoms with van der Waals surface area (Å²) >= 11 is 0. The summed E-state index contributed by atoms with van der Waals surface area (Å²) in [6.07, 6.45) is 0. The molecule has 4 N–H and O–H groups in total. The normalized spacial score (nSPS) is 20.3. The average Bonchev–Trinajstić information content (AvgIpc) is 2.86. The third-order valence-corrected chi connectivity index (χ3v) is 3.99. The van der Waals surface area contributed by atoms with E-state index in [9.17, 15) is 5.11 Å². The lowest BCUT2D eigenvalue weighted by Crippen LogP contribution is -2.41. The number of phenols is 1. The molecule has 1 unspecified atom stereocenters. The lowest BCUT2D eigenvalue weighted by molar-refractivity contribution is 0.422. The Labute approximate surface area is 126 Å². The summed E-state index contributed by atoms with van der Waals surface area (Å²) in [6, 6.07) is 14.9. The van der Waals surface area contributed by atoms with E-state index in [1.807, 2.05) is 47.9 Å². The number of aromatic nitrogens is 2. The van der Waals surface area contributed by atoms with Crippen LogP contribution in [0.5, 0.6) is 5.75 Å². The quantitative estimate of drug-likeness (QED) is 0.642. The van der Waals surface area contributed by atoms with Crippen molar-refractivity contribution >= 4 is 22.9 Å². The van der Waals surface area contributed by atoms with Crippen LogP contribution in [0.3, 0.4) is 0 Å². The van der Waals surface area contributed by atoms with Crippen LogP contribution in [0.15, 0.2) is 53.5 Å². The molecule has 0 spiro atoms. The number of nitrogens with one attached hydrogen (secondary N) is 1. The summed E-state index contributed by atoms with van der Waals surface area (Å²) in [7, 11) is 0. The highest BCUT2D eigenvalue weighted by Gasteiger charge is 2.36. The minimum atomic E-state index is -0.728. The molecule has 2 aromatic carbocycles. The van der Waals surface area contributed by atoms with Crippen molar-refractivity contribution in [1.29, 1.82) is 0 Å². The van der Waals surface area contributed by atoms with Gasteiger partial charge < -0.3 is 10.8 Å². The first-order chi connectivity index (χ1) is 10.6. The van der Waals surface area contributed by atoms with Gasteiger partial charge in [0.05, 0.1) is 11.0 Å². The minimum Gasteiger partial charge on any atom is -0.508 e. The van der Waals surface area contributed by atoms with Crippen LogP contribution in [0.4, 0.5) is 5.95 Å². The lowest BCUT2D eigenvalue weighted by atomic mass is 10.0. The van der Waals surface area contributed by atoms with Crippen LogP contribution in [0.1, 0.15) is 12.5 Å². The highest BCUT2D eigenvalue weighted by molar-refractivity contribution is 5.95. The second-order valence-electron chi connectivity index (χ2n) is 5.45. The number of imidazole rings is 1. The molecule has 22 heavy (non-hydrogen) atoms. The van der Waals surface area contributed by atoms with E-state index in [0.717, 1.165) is 16.6 Å². The molecule has 0 saturated carbocycles. The monoisotopic (exact) mass is 293 g/mol. The fraction of sp³-hybridized carbons (Fsp3) is 0.125. The standard InChI is InChI=1S/C16H15N5O/c1-16(10-6-8-11(22)9-7-10)20-14(17)19-15-18-12-4-2-3-5-13(12)21(15)16/h2-9,22H,1H3,(H3,17,18,19,20). The number of benzene rings is 2. The van der Waals surface area contributed by atoms with Crippen LogP contribution in [0, 0.1) is 0 Å². The predicted octanol–water partition coefficient (Wildman–Crippen LogP) is 2.20. The van der Waals surface area contributed by atoms with E-state index < -0.39 is 5.66 Å². The first kappa shape index (κ1) is 12.7. The molecular formula is C16H15N5O. The van der Waals surface area contributed by atoms with E-state index in [1.54, 1.807) is 12.1 Å². The maximum absolute atomic E-state index is 9.53. The summed E-state index contributed by atoms with van der Waals surface area (Å²) in [6.45, 7) is 1.98. The van der Waals surface area contributed by atoms with E-state index in [-0.39, 0.29) is 5.75 Å². The van der Waals surface area contributed by atoms with Crippen molar-refractivity contribution in [2.45, 2.75) is 12.6 Å². The largest absolute Gasteiger partial charge is 0.508 e. The Kier molecular flexibility index (Phi) is 2.45. The molecule has 0 saturated heterocycles. The van der Waals surface area contributed by atoms with Crippen LogP contribution in [-0.4, -0.2) is 20.6 Å². The number of nitrogens with two attached hydrogens (primary N) is 1. The smallest absolute Gasteiger partial charge is 0.213 e. The molecule has 3 aromatic rings. The van der Waals surface area contributed by atoms with Gasteiger partial charge in [0.15, 0.2) is 11.6 Å². The van der Waals surface area contributed by atoms with Gasteiger partial charge in [0, 0.05) is 5.56 Å². The molecule has 110 valence electrons. The molecule has 0 aliphatic carbocycles. The second-order valence-corrected chi connectivity index (χ2v) is 5.45. The Hall–Kier alpha value is -3.02. The van der Waals surface area contributed by atoms with Crippen LogP contribution < -0.4 is 11.1 Å². The first-order valence-electron chi connectivity index (χ1n) is 6.98. The number of phenolic OH excluding ortho intramolecular Hbond substituents is 1. The van der Waals surface area contributed by atoms with E-state index >= 15 is 0 Å². The second kappa shape index (κ2) is 4.24. The van der Waals surface area contributed by atoms with Crippen molar-refractivity contribution in [3.05, 3.63) is 54.1 Å². The van der Waals surface area contributed by atoms with Crippen molar-refractivity contribution < 1.29 is 5.11 Å². The van der Waals surface area contributed by atoms with Gasteiger partial charge >= 0.3 is 0 Å². The molecule has 0 radical (unpaired) electrons. The zero-order valence-corrected chi connectivity index (χ0v) is 12.0. The van der Waals surface area contributed by atoms with Crippen LogP contribution in [0.2, 0.25) is 0 Å². The molecule has 1 atom stereocenters. The molecule has 6 nitrogen and oxygen atoms in total. The Morgan fingerprint density at radius 3 is 2.64 bits per heavy atom. The maximum Gasteiger partial charge on any atom is 0.213 e. The number of rotatable bonds is 1. The number of hydrogen-bond acceptors (Lipinski definition) is 5. The van der Waals surface area contributed by atoms with Gasteiger partial charge in [0.2, 0.25) is 5.95 Å². The molecule has 1 aliphatic heterocycles. The van der Waals surface area contributed by atoms with E-state index in [0.29, 0.717) is 11.9 Å². The van der Waals surface area contributed by atoms with Gasteiger partial charge in [0.25, 0.3) is 0 Å². The third-order valence-electron chi connectivity index (χ3n) is 3.99. The number of aliphatic imine (C=N–C) groups is 1. The van der Waals surface area contributed by atoms with E-state index in [1.165, 1.54) is 0 Å². The number of anilines is 1. The molecule has 6 heteroatoms. The number of nitrogens with zero attached hydrogens (tertiary/aromatic N) is 3.